The third-order valence-corrected chi connectivity index (χ3v) is 1.65. The highest BCUT2D eigenvalue weighted by atomic mass is 19.1. The summed E-state index contributed by atoms with van der Waals surface area (Å²) in [6.45, 7) is 6.05. The highest BCUT2D eigenvalue weighted by Gasteiger charge is 2.10. The van der Waals surface area contributed by atoms with E-state index in [2.05, 4.69) is 4.98 Å². The molecule has 0 N–H and O–H groups in total. The van der Waals surface area contributed by atoms with E-state index < -0.39 is 0 Å². The second-order valence-corrected chi connectivity index (χ2v) is 4.15. The Bertz CT molecular complexity index is 310. The quantitative estimate of drug-likeness (QED) is 0.569. The molecule has 0 aliphatic carbocycles. The highest BCUT2D eigenvalue weighted by molar-refractivity contribution is 5.05. The molecule has 4 heteroatoms. The molecular formula is C11H16FNO2. The van der Waals surface area contributed by atoms with Crippen molar-refractivity contribution in [3.05, 3.63) is 29.8 Å². The molecule has 1 heterocycles. The van der Waals surface area contributed by atoms with Crippen LogP contribution in [0.25, 0.3) is 0 Å². The maximum Gasteiger partial charge on any atom is 0.147 e. The van der Waals surface area contributed by atoms with E-state index >= 15 is 0 Å². The van der Waals surface area contributed by atoms with E-state index in [4.69, 9.17) is 9.47 Å². The maximum absolute atomic E-state index is 13.1. The van der Waals surface area contributed by atoms with E-state index in [1.54, 1.807) is 6.07 Å². The fourth-order valence-electron chi connectivity index (χ4n) is 0.881. The molecule has 0 fully saturated rings. The average molecular weight is 213 g/mol. The molecule has 84 valence electrons. The zero-order valence-electron chi connectivity index (χ0n) is 9.29. The van der Waals surface area contributed by atoms with Gasteiger partial charge in [-0.3, -0.25) is 4.98 Å². The molecule has 0 atom stereocenters. The van der Waals surface area contributed by atoms with Crippen LogP contribution in [-0.2, 0) is 16.1 Å². The molecular weight excluding hydrogens is 197 g/mol. The molecule has 0 spiro atoms. The fraction of sp³-hybridized carbons (Fsp3) is 0.545. The van der Waals surface area contributed by atoms with Crippen LogP contribution in [0.3, 0.4) is 0 Å². The standard InChI is InChI=1S/C11H16FNO2/c1-11(2,3)15-8-14-7-10-9(12)5-4-6-13-10/h4-6H,7-8H2,1-3H3. The van der Waals surface area contributed by atoms with E-state index in [-0.39, 0.29) is 24.8 Å². The lowest BCUT2D eigenvalue weighted by atomic mass is 10.2. The summed E-state index contributed by atoms with van der Waals surface area (Å²) < 4.78 is 23.5. The van der Waals surface area contributed by atoms with Gasteiger partial charge in [-0.15, -0.1) is 0 Å². The summed E-state index contributed by atoms with van der Waals surface area (Å²) in [6.07, 6.45) is 1.53. The first-order valence-corrected chi connectivity index (χ1v) is 4.80. The third-order valence-electron chi connectivity index (χ3n) is 1.65. The number of ether oxygens (including phenoxy) is 2. The minimum absolute atomic E-state index is 0.128. The largest absolute Gasteiger partial charge is 0.350 e. The lowest BCUT2D eigenvalue weighted by molar-refractivity contribution is -0.126. The van der Waals surface area contributed by atoms with Crippen molar-refractivity contribution in [2.24, 2.45) is 0 Å². The summed E-state index contributed by atoms with van der Waals surface area (Å²) in [4.78, 5) is 3.86. The highest BCUT2D eigenvalue weighted by Crippen LogP contribution is 2.08. The van der Waals surface area contributed by atoms with Crippen molar-refractivity contribution in [2.75, 3.05) is 6.79 Å². The van der Waals surface area contributed by atoms with Gasteiger partial charge in [0.15, 0.2) is 0 Å². The van der Waals surface area contributed by atoms with Crippen molar-refractivity contribution < 1.29 is 13.9 Å². The second-order valence-electron chi connectivity index (χ2n) is 4.15. The number of pyridine rings is 1. The van der Waals surface area contributed by atoms with Crippen molar-refractivity contribution in [1.82, 2.24) is 4.98 Å². The van der Waals surface area contributed by atoms with Crippen molar-refractivity contribution >= 4 is 0 Å². The molecule has 0 saturated carbocycles. The molecule has 15 heavy (non-hydrogen) atoms. The average Bonchev–Trinajstić information content (AvgIpc) is 2.13. The van der Waals surface area contributed by atoms with Crippen molar-refractivity contribution in [3.63, 3.8) is 0 Å². The van der Waals surface area contributed by atoms with Crippen LogP contribution >= 0.6 is 0 Å². The van der Waals surface area contributed by atoms with Crippen molar-refractivity contribution in [1.29, 1.82) is 0 Å². The minimum Gasteiger partial charge on any atom is -0.350 e. The van der Waals surface area contributed by atoms with Crippen LogP contribution in [0.15, 0.2) is 18.3 Å². The van der Waals surface area contributed by atoms with Gasteiger partial charge in [-0.05, 0) is 32.9 Å². The Kier molecular flexibility index (Phi) is 4.17. The number of rotatable bonds is 4. The van der Waals surface area contributed by atoms with Gasteiger partial charge in [0.1, 0.15) is 18.3 Å². The number of aromatic nitrogens is 1. The maximum atomic E-state index is 13.1. The summed E-state index contributed by atoms with van der Waals surface area (Å²) >= 11 is 0. The Morgan fingerprint density at radius 2 is 2.13 bits per heavy atom. The summed E-state index contributed by atoms with van der Waals surface area (Å²) in [5.74, 6) is -0.353. The topological polar surface area (TPSA) is 31.4 Å². The molecule has 0 aliphatic rings. The smallest absolute Gasteiger partial charge is 0.147 e. The first-order valence-electron chi connectivity index (χ1n) is 4.80. The molecule has 0 saturated heterocycles. The van der Waals surface area contributed by atoms with Gasteiger partial charge in [0.05, 0.1) is 12.2 Å². The fourth-order valence-corrected chi connectivity index (χ4v) is 0.881. The Balaban J connectivity index is 2.30. The Labute approximate surface area is 89.2 Å². The molecule has 1 aromatic rings. The Morgan fingerprint density at radius 3 is 2.73 bits per heavy atom. The predicted octanol–water partition coefficient (Wildman–Crippen LogP) is 2.51. The summed E-state index contributed by atoms with van der Waals surface area (Å²) in [5, 5.41) is 0. The van der Waals surface area contributed by atoms with Gasteiger partial charge in [0, 0.05) is 6.20 Å². The molecule has 1 rings (SSSR count). The van der Waals surface area contributed by atoms with Gasteiger partial charge in [-0.25, -0.2) is 4.39 Å². The lowest BCUT2D eigenvalue weighted by Gasteiger charge is -2.19. The van der Waals surface area contributed by atoms with Gasteiger partial charge in [0.25, 0.3) is 0 Å². The number of hydrogen-bond acceptors (Lipinski definition) is 3. The van der Waals surface area contributed by atoms with Crippen LogP contribution in [0.2, 0.25) is 0 Å². The Hall–Kier alpha value is -1.00. The van der Waals surface area contributed by atoms with Gasteiger partial charge in [-0.2, -0.15) is 0 Å². The molecule has 0 aliphatic heterocycles. The van der Waals surface area contributed by atoms with Gasteiger partial charge >= 0.3 is 0 Å². The summed E-state index contributed by atoms with van der Waals surface area (Å²) in [7, 11) is 0. The van der Waals surface area contributed by atoms with Gasteiger partial charge in [-0.1, -0.05) is 0 Å². The first-order chi connectivity index (χ1) is 6.99. The molecule has 0 bridgehead atoms. The molecule has 0 unspecified atom stereocenters. The third kappa shape index (κ3) is 4.85. The van der Waals surface area contributed by atoms with Crippen LogP contribution in [0.4, 0.5) is 4.39 Å². The van der Waals surface area contributed by atoms with Crippen LogP contribution in [-0.4, -0.2) is 17.4 Å². The van der Waals surface area contributed by atoms with Crippen LogP contribution in [0, 0.1) is 5.82 Å². The van der Waals surface area contributed by atoms with Crippen molar-refractivity contribution in [2.45, 2.75) is 33.0 Å². The summed E-state index contributed by atoms with van der Waals surface area (Å²) in [6, 6.07) is 2.90. The first kappa shape index (κ1) is 12.1. The van der Waals surface area contributed by atoms with Gasteiger partial charge in [0.2, 0.25) is 0 Å². The van der Waals surface area contributed by atoms with Gasteiger partial charge < -0.3 is 9.47 Å². The molecule has 0 aromatic carbocycles. The normalized spacial score (nSPS) is 11.7. The van der Waals surface area contributed by atoms with Crippen LogP contribution in [0.1, 0.15) is 26.5 Å². The monoisotopic (exact) mass is 213 g/mol. The summed E-state index contributed by atoms with van der Waals surface area (Å²) in [5.41, 5.74) is 0.0536. The molecule has 0 radical (unpaired) electrons. The van der Waals surface area contributed by atoms with Crippen molar-refractivity contribution in [3.8, 4) is 0 Å². The Morgan fingerprint density at radius 1 is 1.40 bits per heavy atom. The van der Waals surface area contributed by atoms with Crippen LogP contribution < -0.4 is 0 Å². The molecule has 0 amide bonds. The zero-order valence-corrected chi connectivity index (χ0v) is 9.29. The van der Waals surface area contributed by atoms with Crippen LogP contribution in [0.5, 0.6) is 0 Å². The predicted molar refractivity (Wildman–Crippen MR) is 54.7 cm³/mol. The number of hydrogen-bond donors (Lipinski definition) is 0. The lowest BCUT2D eigenvalue weighted by Crippen LogP contribution is -2.21. The molecule has 3 nitrogen and oxygen atoms in total. The second kappa shape index (κ2) is 5.19. The minimum atomic E-state index is -0.353. The SMILES string of the molecule is CC(C)(C)OCOCc1ncccc1F. The molecule has 1 aromatic heterocycles. The number of nitrogens with zero attached hydrogens (tertiary/aromatic N) is 1. The van der Waals surface area contributed by atoms with E-state index in [1.165, 1.54) is 12.3 Å². The zero-order chi connectivity index (χ0) is 11.3. The van der Waals surface area contributed by atoms with E-state index in [1.807, 2.05) is 20.8 Å². The van der Waals surface area contributed by atoms with E-state index in [0.29, 0.717) is 5.69 Å². The number of halogens is 1. The van der Waals surface area contributed by atoms with E-state index in [0.717, 1.165) is 0 Å². The van der Waals surface area contributed by atoms with E-state index in [9.17, 15) is 4.39 Å².